The zero-order chi connectivity index (χ0) is 16.5. The van der Waals surface area contributed by atoms with E-state index in [0.717, 1.165) is 24.9 Å². The number of hydrogen-bond donors (Lipinski definition) is 0. The van der Waals surface area contributed by atoms with Crippen LogP contribution < -0.4 is 0 Å². The Kier molecular flexibility index (Phi) is 4.55. The summed E-state index contributed by atoms with van der Waals surface area (Å²) in [5.74, 6) is 0.525. The van der Waals surface area contributed by atoms with E-state index in [1.165, 1.54) is 42.6 Å². The maximum absolute atomic E-state index is 5.87. The molecule has 3 heterocycles. The molecule has 2 fully saturated rings. The summed E-state index contributed by atoms with van der Waals surface area (Å²) in [6, 6.07) is 11.3. The van der Waals surface area contributed by atoms with Gasteiger partial charge >= 0.3 is 0 Å². The highest BCUT2D eigenvalue weighted by molar-refractivity contribution is 5.79. The van der Waals surface area contributed by atoms with E-state index in [-0.39, 0.29) is 0 Å². The van der Waals surface area contributed by atoms with Crippen LogP contribution in [0.15, 0.2) is 30.3 Å². The standard InChI is InChI=1S/C21H28N2O/c1-15-11-19(12-16(2)24-15)21-8-6-18-13-17(5-7-20(18)22-21)14-23-9-3-4-10-23/h5-8,13,15-16,19H,3-4,9-12,14H2,1-2H3. The van der Waals surface area contributed by atoms with Gasteiger partial charge in [0.2, 0.25) is 0 Å². The van der Waals surface area contributed by atoms with Gasteiger partial charge in [-0.25, -0.2) is 0 Å². The predicted octanol–water partition coefficient (Wildman–Crippen LogP) is 4.50. The number of rotatable bonds is 3. The van der Waals surface area contributed by atoms with Gasteiger partial charge in [-0.15, -0.1) is 0 Å². The first-order valence-electron chi connectivity index (χ1n) is 9.45. The lowest BCUT2D eigenvalue weighted by molar-refractivity contribution is -0.0385. The minimum absolute atomic E-state index is 0.332. The van der Waals surface area contributed by atoms with Gasteiger partial charge in [0, 0.05) is 23.5 Å². The summed E-state index contributed by atoms with van der Waals surface area (Å²) < 4.78 is 5.87. The van der Waals surface area contributed by atoms with E-state index in [4.69, 9.17) is 9.72 Å². The number of pyridine rings is 1. The van der Waals surface area contributed by atoms with Gasteiger partial charge in [0.25, 0.3) is 0 Å². The van der Waals surface area contributed by atoms with Crippen molar-refractivity contribution >= 4 is 10.9 Å². The summed E-state index contributed by atoms with van der Waals surface area (Å²) in [6.07, 6.45) is 5.52. The van der Waals surface area contributed by atoms with E-state index in [9.17, 15) is 0 Å². The van der Waals surface area contributed by atoms with Gasteiger partial charge < -0.3 is 4.74 Å². The first-order valence-corrected chi connectivity index (χ1v) is 9.45. The molecule has 2 saturated heterocycles. The second-order valence-electron chi connectivity index (χ2n) is 7.67. The van der Waals surface area contributed by atoms with Crippen molar-refractivity contribution in [2.75, 3.05) is 13.1 Å². The Balaban J connectivity index is 1.55. The predicted molar refractivity (Wildman–Crippen MR) is 98.2 cm³/mol. The third kappa shape index (κ3) is 3.47. The molecule has 2 aromatic rings. The van der Waals surface area contributed by atoms with Crippen LogP contribution in [0.2, 0.25) is 0 Å². The molecule has 0 amide bonds. The number of aromatic nitrogens is 1. The van der Waals surface area contributed by atoms with Gasteiger partial charge in [-0.2, -0.15) is 0 Å². The van der Waals surface area contributed by atoms with Crippen LogP contribution in [0, 0.1) is 0 Å². The molecule has 4 rings (SSSR count). The van der Waals surface area contributed by atoms with E-state index in [1.807, 2.05) is 0 Å². The molecule has 1 aromatic heterocycles. The van der Waals surface area contributed by atoms with Gasteiger partial charge in [-0.1, -0.05) is 12.1 Å². The monoisotopic (exact) mass is 324 g/mol. The third-order valence-corrected chi connectivity index (χ3v) is 5.50. The Labute approximate surface area is 145 Å². The summed E-state index contributed by atoms with van der Waals surface area (Å²) in [7, 11) is 0. The van der Waals surface area contributed by atoms with Crippen LogP contribution in [-0.4, -0.2) is 35.2 Å². The van der Waals surface area contributed by atoms with Crippen molar-refractivity contribution in [1.82, 2.24) is 9.88 Å². The molecule has 2 aliphatic rings. The quantitative estimate of drug-likeness (QED) is 0.831. The van der Waals surface area contributed by atoms with Gasteiger partial charge in [-0.05, 0) is 76.4 Å². The van der Waals surface area contributed by atoms with Crippen LogP contribution in [0.3, 0.4) is 0 Å². The normalized spacial score (nSPS) is 28.5. The number of hydrogen-bond acceptors (Lipinski definition) is 3. The highest BCUT2D eigenvalue weighted by Gasteiger charge is 2.26. The van der Waals surface area contributed by atoms with Crippen LogP contribution in [0.1, 0.15) is 56.7 Å². The maximum atomic E-state index is 5.87. The molecule has 128 valence electrons. The molecule has 0 N–H and O–H groups in total. The zero-order valence-electron chi connectivity index (χ0n) is 14.9. The summed E-state index contributed by atoms with van der Waals surface area (Å²) in [4.78, 5) is 7.52. The van der Waals surface area contributed by atoms with Gasteiger partial charge in [0.05, 0.1) is 17.7 Å². The van der Waals surface area contributed by atoms with E-state index in [2.05, 4.69) is 49.1 Å². The Morgan fingerprint density at radius 3 is 2.54 bits per heavy atom. The van der Waals surface area contributed by atoms with Crippen molar-refractivity contribution in [2.24, 2.45) is 0 Å². The Bertz CT molecular complexity index is 698. The fourth-order valence-corrected chi connectivity index (χ4v) is 4.36. The van der Waals surface area contributed by atoms with Crippen molar-refractivity contribution in [3.63, 3.8) is 0 Å². The SMILES string of the molecule is CC1CC(c2ccc3cc(CN4CCCC4)ccc3n2)CC(C)O1. The average Bonchev–Trinajstić information content (AvgIpc) is 3.06. The third-order valence-electron chi connectivity index (χ3n) is 5.50. The number of fused-ring (bicyclic) bond motifs is 1. The van der Waals surface area contributed by atoms with E-state index >= 15 is 0 Å². The Morgan fingerprint density at radius 1 is 1.04 bits per heavy atom. The first kappa shape index (κ1) is 16.0. The second kappa shape index (κ2) is 6.81. The molecular weight excluding hydrogens is 296 g/mol. The van der Waals surface area contributed by atoms with Crippen LogP contribution >= 0.6 is 0 Å². The topological polar surface area (TPSA) is 25.4 Å². The maximum Gasteiger partial charge on any atom is 0.0705 e. The lowest BCUT2D eigenvalue weighted by Crippen LogP contribution is -2.28. The molecule has 1 aromatic carbocycles. The average molecular weight is 324 g/mol. The Morgan fingerprint density at radius 2 is 1.79 bits per heavy atom. The first-order chi connectivity index (χ1) is 11.7. The molecule has 2 atom stereocenters. The van der Waals surface area contributed by atoms with Crippen LogP contribution in [0.5, 0.6) is 0 Å². The van der Waals surface area contributed by atoms with Crippen LogP contribution in [-0.2, 0) is 11.3 Å². The lowest BCUT2D eigenvalue weighted by atomic mass is 9.89. The van der Waals surface area contributed by atoms with E-state index in [0.29, 0.717) is 18.1 Å². The number of nitrogens with zero attached hydrogens (tertiary/aromatic N) is 2. The van der Waals surface area contributed by atoms with Gasteiger partial charge in [0.15, 0.2) is 0 Å². The van der Waals surface area contributed by atoms with Crippen molar-refractivity contribution in [3.8, 4) is 0 Å². The summed E-state index contributed by atoms with van der Waals surface area (Å²) >= 11 is 0. The Hall–Kier alpha value is -1.45. The molecule has 0 radical (unpaired) electrons. The molecule has 24 heavy (non-hydrogen) atoms. The molecule has 0 aliphatic carbocycles. The van der Waals surface area contributed by atoms with E-state index in [1.54, 1.807) is 0 Å². The highest BCUT2D eigenvalue weighted by Crippen LogP contribution is 2.33. The fourth-order valence-electron chi connectivity index (χ4n) is 4.36. The highest BCUT2D eigenvalue weighted by atomic mass is 16.5. The van der Waals surface area contributed by atoms with Crippen molar-refractivity contribution < 1.29 is 4.74 Å². The number of benzene rings is 1. The molecule has 2 aliphatic heterocycles. The minimum Gasteiger partial charge on any atom is -0.376 e. The fraction of sp³-hybridized carbons (Fsp3) is 0.571. The number of likely N-dealkylation sites (tertiary alicyclic amines) is 1. The van der Waals surface area contributed by atoms with Crippen molar-refractivity contribution in [2.45, 2.75) is 64.2 Å². The zero-order valence-corrected chi connectivity index (χ0v) is 14.9. The summed E-state index contributed by atoms with van der Waals surface area (Å²) in [6.45, 7) is 7.92. The smallest absolute Gasteiger partial charge is 0.0705 e. The molecule has 2 unspecified atom stereocenters. The van der Waals surface area contributed by atoms with Crippen molar-refractivity contribution in [3.05, 3.63) is 41.6 Å². The largest absolute Gasteiger partial charge is 0.376 e. The molecule has 0 saturated carbocycles. The summed E-state index contributed by atoms with van der Waals surface area (Å²) in [5.41, 5.74) is 3.77. The lowest BCUT2D eigenvalue weighted by Gasteiger charge is -2.31. The minimum atomic E-state index is 0.332. The molecule has 0 bridgehead atoms. The number of ether oxygens (including phenoxy) is 1. The molecule has 3 heteroatoms. The molecule has 0 spiro atoms. The molecular formula is C21H28N2O. The second-order valence-corrected chi connectivity index (χ2v) is 7.67. The summed E-state index contributed by atoms with van der Waals surface area (Å²) in [5, 5.41) is 1.27. The molecule has 3 nitrogen and oxygen atoms in total. The van der Waals surface area contributed by atoms with Crippen LogP contribution in [0.25, 0.3) is 10.9 Å². The van der Waals surface area contributed by atoms with Gasteiger partial charge in [0.1, 0.15) is 0 Å². The van der Waals surface area contributed by atoms with E-state index < -0.39 is 0 Å². The van der Waals surface area contributed by atoms with Crippen LogP contribution in [0.4, 0.5) is 0 Å². The van der Waals surface area contributed by atoms with Crippen molar-refractivity contribution in [1.29, 1.82) is 0 Å². The van der Waals surface area contributed by atoms with Gasteiger partial charge in [-0.3, -0.25) is 9.88 Å².